The zero-order chi connectivity index (χ0) is 14.4. The Labute approximate surface area is 123 Å². The fourth-order valence-electron chi connectivity index (χ4n) is 2.05. The minimum absolute atomic E-state index is 0.0356. The molecule has 1 fully saturated rings. The number of rotatable bonds is 4. The zero-order valence-electron chi connectivity index (χ0n) is 10.7. The van der Waals surface area contributed by atoms with Crippen molar-refractivity contribution < 1.29 is 8.42 Å². The van der Waals surface area contributed by atoms with Crippen molar-refractivity contribution >= 4 is 38.9 Å². The summed E-state index contributed by atoms with van der Waals surface area (Å²) in [5.41, 5.74) is 5.25. The first kappa shape index (κ1) is 14.9. The molecule has 1 aliphatic rings. The van der Waals surface area contributed by atoms with Gasteiger partial charge in [0.05, 0.1) is 15.7 Å². The second-order valence-corrected chi connectivity index (χ2v) is 7.81. The molecule has 0 saturated heterocycles. The first-order valence-corrected chi connectivity index (χ1v) is 8.16. The minimum Gasteiger partial charge on any atom is -0.396 e. The number of hydrogen-bond acceptors (Lipinski definition) is 3. The van der Waals surface area contributed by atoms with E-state index in [1.165, 1.54) is 12.1 Å². The van der Waals surface area contributed by atoms with Crippen LogP contribution in [0.25, 0.3) is 0 Å². The predicted octanol–water partition coefficient (Wildman–Crippen LogP) is 3.04. The first-order chi connectivity index (χ1) is 8.65. The summed E-state index contributed by atoms with van der Waals surface area (Å²) in [6.07, 6.45) is 2.07. The summed E-state index contributed by atoms with van der Waals surface area (Å²) in [6, 6.07) is 2.80. The number of nitrogens with two attached hydrogens (primary N) is 1. The highest BCUT2D eigenvalue weighted by molar-refractivity contribution is 7.89. The van der Waals surface area contributed by atoms with Crippen molar-refractivity contribution in [3.8, 4) is 0 Å². The smallest absolute Gasteiger partial charge is 0.242 e. The van der Waals surface area contributed by atoms with Crippen LogP contribution in [0, 0.1) is 5.92 Å². The van der Waals surface area contributed by atoms with Gasteiger partial charge in [0.1, 0.15) is 4.90 Å². The minimum atomic E-state index is -3.71. The van der Waals surface area contributed by atoms with Gasteiger partial charge in [-0.1, -0.05) is 23.2 Å². The molecular formula is C12H16Cl2N2O2S. The number of hydrogen-bond donors (Lipinski definition) is 2. The standard InChI is InChI=1S/C12H16Cl2N2O2S/c1-12(2,7-3-4-7)16-19(17,18)9-6-5-8(13)11(15)10(9)14/h5-7,16H,3-4,15H2,1-2H3. The maximum absolute atomic E-state index is 12.4. The van der Waals surface area contributed by atoms with E-state index in [-0.39, 0.29) is 20.6 Å². The van der Waals surface area contributed by atoms with Gasteiger partial charge in [0, 0.05) is 5.54 Å². The molecule has 0 heterocycles. The van der Waals surface area contributed by atoms with Crippen LogP contribution in [0.5, 0.6) is 0 Å². The lowest BCUT2D eigenvalue weighted by molar-refractivity contribution is 0.400. The highest BCUT2D eigenvalue weighted by Crippen LogP contribution is 2.41. The zero-order valence-corrected chi connectivity index (χ0v) is 13.0. The van der Waals surface area contributed by atoms with Gasteiger partial charge in [-0.25, -0.2) is 13.1 Å². The van der Waals surface area contributed by atoms with Crippen molar-refractivity contribution in [1.29, 1.82) is 0 Å². The number of anilines is 1. The van der Waals surface area contributed by atoms with Crippen LogP contribution in [0.4, 0.5) is 5.69 Å². The van der Waals surface area contributed by atoms with E-state index in [1.54, 1.807) is 0 Å². The summed E-state index contributed by atoms with van der Waals surface area (Å²) in [4.78, 5) is -0.0372. The fraction of sp³-hybridized carbons (Fsp3) is 0.500. The molecule has 0 unspecified atom stereocenters. The Balaban J connectivity index is 2.37. The number of halogens is 2. The molecule has 0 amide bonds. The normalized spacial score (nSPS) is 16.6. The van der Waals surface area contributed by atoms with Gasteiger partial charge >= 0.3 is 0 Å². The average Bonchev–Trinajstić information content (AvgIpc) is 3.07. The monoisotopic (exact) mass is 322 g/mol. The Bertz CT molecular complexity index is 610. The van der Waals surface area contributed by atoms with E-state index in [1.807, 2.05) is 13.8 Å². The predicted molar refractivity (Wildman–Crippen MR) is 78.0 cm³/mol. The Kier molecular flexibility index (Phi) is 3.77. The molecule has 0 bridgehead atoms. The Hall–Kier alpha value is -0.490. The summed E-state index contributed by atoms with van der Waals surface area (Å²) in [5, 5.41) is 0.206. The maximum atomic E-state index is 12.4. The van der Waals surface area contributed by atoms with Crippen LogP contribution in [-0.4, -0.2) is 14.0 Å². The van der Waals surface area contributed by atoms with Gasteiger partial charge in [-0.15, -0.1) is 0 Å². The van der Waals surface area contributed by atoms with Crippen molar-refractivity contribution in [2.24, 2.45) is 5.92 Å². The van der Waals surface area contributed by atoms with Crippen LogP contribution in [0.3, 0.4) is 0 Å². The van der Waals surface area contributed by atoms with Gasteiger partial charge in [-0.2, -0.15) is 0 Å². The molecule has 0 aromatic heterocycles. The molecule has 0 atom stereocenters. The molecule has 1 aliphatic carbocycles. The van der Waals surface area contributed by atoms with Crippen molar-refractivity contribution in [2.45, 2.75) is 37.1 Å². The van der Waals surface area contributed by atoms with Crippen LogP contribution < -0.4 is 10.5 Å². The highest BCUT2D eigenvalue weighted by Gasteiger charge is 2.41. The van der Waals surface area contributed by atoms with Crippen LogP contribution in [0.2, 0.25) is 10.0 Å². The van der Waals surface area contributed by atoms with Gasteiger partial charge in [0.15, 0.2) is 0 Å². The van der Waals surface area contributed by atoms with Crippen LogP contribution in [-0.2, 0) is 10.0 Å². The largest absolute Gasteiger partial charge is 0.396 e. The third kappa shape index (κ3) is 2.99. The Morgan fingerprint density at radius 1 is 1.32 bits per heavy atom. The summed E-state index contributed by atoms with van der Waals surface area (Å²) < 4.78 is 27.4. The molecule has 0 spiro atoms. The molecule has 3 N–H and O–H groups in total. The number of sulfonamides is 1. The quantitative estimate of drug-likeness (QED) is 0.837. The van der Waals surface area contributed by atoms with Gasteiger partial charge in [0.2, 0.25) is 10.0 Å². The van der Waals surface area contributed by atoms with Crippen molar-refractivity contribution in [3.05, 3.63) is 22.2 Å². The van der Waals surface area contributed by atoms with E-state index in [0.29, 0.717) is 5.92 Å². The number of benzene rings is 1. The highest BCUT2D eigenvalue weighted by atomic mass is 35.5. The van der Waals surface area contributed by atoms with Crippen LogP contribution in [0.1, 0.15) is 26.7 Å². The van der Waals surface area contributed by atoms with Gasteiger partial charge in [-0.3, -0.25) is 0 Å². The molecule has 4 nitrogen and oxygen atoms in total. The van der Waals surface area contributed by atoms with Crippen molar-refractivity contribution in [3.63, 3.8) is 0 Å². The van der Waals surface area contributed by atoms with Crippen molar-refractivity contribution in [2.75, 3.05) is 5.73 Å². The molecule has 0 aliphatic heterocycles. The molecule has 1 aromatic carbocycles. The average molecular weight is 323 g/mol. The summed E-state index contributed by atoms with van der Waals surface area (Å²) in [6.45, 7) is 3.74. The molecule has 19 heavy (non-hydrogen) atoms. The number of nitrogens with one attached hydrogen (secondary N) is 1. The molecule has 106 valence electrons. The van der Waals surface area contributed by atoms with Gasteiger partial charge in [0.25, 0.3) is 0 Å². The molecule has 1 saturated carbocycles. The van der Waals surface area contributed by atoms with Crippen LogP contribution in [0.15, 0.2) is 17.0 Å². The summed E-state index contributed by atoms with van der Waals surface area (Å²) in [5.74, 6) is 0.366. The lowest BCUT2D eigenvalue weighted by Crippen LogP contribution is -2.45. The Morgan fingerprint density at radius 3 is 2.42 bits per heavy atom. The van der Waals surface area contributed by atoms with Crippen LogP contribution >= 0.6 is 23.2 Å². The fourth-order valence-corrected chi connectivity index (χ4v) is 4.28. The molecule has 7 heteroatoms. The number of nitrogen functional groups attached to an aromatic ring is 1. The molecule has 2 rings (SSSR count). The van der Waals surface area contributed by atoms with Crippen molar-refractivity contribution in [1.82, 2.24) is 4.72 Å². The molecule has 0 radical (unpaired) electrons. The summed E-state index contributed by atoms with van der Waals surface area (Å²) >= 11 is 11.8. The third-order valence-corrected chi connectivity index (χ3v) is 5.94. The van der Waals surface area contributed by atoms with E-state index in [9.17, 15) is 8.42 Å². The topological polar surface area (TPSA) is 72.2 Å². The lowest BCUT2D eigenvalue weighted by atomic mass is 10.0. The maximum Gasteiger partial charge on any atom is 0.242 e. The van der Waals surface area contributed by atoms with E-state index < -0.39 is 15.6 Å². The van der Waals surface area contributed by atoms with Gasteiger partial charge < -0.3 is 5.73 Å². The van der Waals surface area contributed by atoms with E-state index in [4.69, 9.17) is 28.9 Å². The molecule has 1 aromatic rings. The SMILES string of the molecule is CC(C)(NS(=O)(=O)c1ccc(Cl)c(N)c1Cl)C1CC1. The second kappa shape index (κ2) is 4.81. The summed E-state index contributed by atoms with van der Waals surface area (Å²) in [7, 11) is -3.71. The Morgan fingerprint density at radius 2 is 1.89 bits per heavy atom. The van der Waals surface area contributed by atoms with Gasteiger partial charge in [-0.05, 0) is 44.7 Å². The van der Waals surface area contributed by atoms with E-state index in [0.717, 1.165) is 12.8 Å². The molecular weight excluding hydrogens is 307 g/mol. The second-order valence-electron chi connectivity index (χ2n) is 5.37. The first-order valence-electron chi connectivity index (χ1n) is 5.92. The lowest BCUT2D eigenvalue weighted by Gasteiger charge is -2.26. The van der Waals surface area contributed by atoms with E-state index in [2.05, 4.69) is 4.72 Å². The van der Waals surface area contributed by atoms with E-state index >= 15 is 0 Å². The third-order valence-electron chi connectivity index (χ3n) is 3.38.